The molecule has 2 N–H and O–H groups in total. The highest BCUT2D eigenvalue weighted by Gasteiger charge is 2.25. The van der Waals surface area contributed by atoms with E-state index in [0.29, 0.717) is 6.04 Å². The zero-order valence-corrected chi connectivity index (χ0v) is 10.6. The molecule has 1 saturated carbocycles. The maximum absolute atomic E-state index is 9.95. The Kier molecular flexibility index (Phi) is 4.12. The van der Waals surface area contributed by atoms with Crippen molar-refractivity contribution in [1.29, 1.82) is 0 Å². The molecular weight excluding hydrogens is 216 g/mol. The predicted octanol–water partition coefficient (Wildman–Crippen LogP) is 1.25. The van der Waals surface area contributed by atoms with Crippen LogP contribution in [0.15, 0.2) is 6.20 Å². The molecule has 1 heterocycles. The highest BCUT2D eigenvalue weighted by atomic mass is 16.3. The van der Waals surface area contributed by atoms with Gasteiger partial charge in [0.15, 0.2) is 0 Å². The minimum Gasteiger partial charge on any atom is -0.391 e. The fraction of sp³-hybridized carbons (Fsp3) is 0.833. The van der Waals surface area contributed by atoms with Crippen molar-refractivity contribution >= 4 is 0 Å². The first-order valence-electron chi connectivity index (χ1n) is 6.49. The smallest absolute Gasteiger partial charge is 0.0965 e. The molecule has 0 amide bonds. The molecule has 1 fully saturated rings. The zero-order chi connectivity index (χ0) is 12.3. The summed E-state index contributed by atoms with van der Waals surface area (Å²) in [6.07, 6.45) is 5.85. The molecule has 0 radical (unpaired) electrons. The molecular formula is C12H22N4O. The minimum atomic E-state index is -0.267. The Morgan fingerprint density at radius 1 is 1.47 bits per heavy atom. The van der Waals surface area contributed by atoms with E-state index in [2.05, 4.69) is 29.5 Å². The first-order valence-corrected chi connectivity index (χ1v) is 6.49. The van der Waals surface area contributed by atoms with E-state index in [1.165, 1.54) is 6.42 Å². The highest BCUT2D eigenvalue weighted by Crippen LogP contribution is 2.27. The number of nitrogens with zero attached hydrogens (tertiary/aromatic N) is 3. The van der Waals surface area contributed by atoms with Gasteiger partial charge in [0.25, 0.3) is 0 Å². The van der Waals surface area contributed by atoms with Crippen molar-refractivity contribution in [2.75, 3.05) is 0 Å². The van der Waals surface area contributed by atoms with Gasteiger partial charge in [-0.15, -0.1) is 5.10 Å². The lowest BCUT2D eigenvalue weighted by molar-refractivity contribution is 0.0685. The number of rotatable bonds is 4. The summed E-state index contributed by atoms with van der Waals surface area (Å²) in [5, 5.41) is 21.5. The number of nitrogens with one attached hydrogen (secondary N) is 1. The van der Waals surface area contributed by atoms with Crippen molar-refractivity contribution in [3.8, 4) is 0 Å². The van der Waals surface area contributed by atoms with Crippen molar-refractivity contribution < 1.29 is 5.11 Å². The fourth-order valence-corrected chi connectivity index (χ4v) is 2.27. The van der Waals surface area contributed by atoms with E-state index in [1.807, 2.05) is 10.9 Å². The summed E-state index contributed by atoms with van der Waals surface area (Å²) in [7, 11) is 0. The third kappa shape index (κ3) is 3.26. The Labute approximate surface area is 102 Å². The van der Waals surface area contributed by atoms with Gasteiger partial charge in [0.2, 0.25) is 0 Å². The van der Waals surface area contributed by atoms with Crippen LogP contribution in [0, 0.1) is 0 Å². The van der Waals surface area contributed by atoms with Crippen LogP contribution in [0.4, 0.5) is 0 Å². The molecule has 5 nitrogen and oxygen atoms in total. The van der Waals surface area contributed by atoms with Crippen molar-refractivity contribution in [2.45, 2.75) is 64.3 Å². The topological polar surface area (TPSA) is 63.0 Å². The Hall–Kier alpha value is -0.940. The van der Waals surface area contributed by atoms with Gasteiger partial charge < -0.3 is 10.4 Å². The molecule has 0 spiro atoms. The lowest BCUT2D eigenvalue weighted by atomic mass is 9.93. The van der Waals surface area contributed by atoms with Crippen LogP contribution in [-0.4, -0.2) is 32.2 Å². The van der Waals surface area contributed by atoms with Gasteiger partial charge in [0.05, 0.1) is 24.0 Å². The van der Waals surface area contributed by atoms with Crippen LogP contribution >= 0.6 is 0 Å². The van der Waals surface area contributed by atoms with Gasteiger partial charge in [-0.1, -0.05) is 31.9 Å². The Balaban J connectivity index is 1.97. The summed E-state index contributed by atoms with van der Waals surface area (Å²) in [5.74, 6) is 0. The van der Waals surface area contributed by atoms with E-state index < -0.39 is 0 Å². The molecule has 5 heteroatoms. The van der Waals surface area contributed by atoms with E-state index in [0.717, 1.165) is 31.5 Å². The molecule has 96 valence electrons. The maximum atomic E-state index is 9.95. The second kappa shape index (κ2) is 5.60. The highest BCUT2D eigenvalue weighted by molar-refractivity contribution is 4.94. The number of aliphatic hydroxyl groups is 1. The SMILES string of the molecule is CC(C)NCc1cn(C2CCCCC2O)nn1. The molecule has 1 aromatic rings. The lowest BCUT2D eigenvalue weighted by Gasteiger charge is -2.27. The molecule has 0 bridgehead atoms. The summed E-state index contributed by atoms with van der Waals surface area (Å²) in [6.45, 7) is 4.95. The largest absolute Gasteiger partial charge is 0.391 e. The molecule has 1 aliphatic rings. The first-order chi connectivity index (χ1) is 8.16. The third-order valence-corrected chi connectivity index (χ3v) is 3.28. The molecule has 1 aromatic heterocycles. The third-order valence-electron chi connectivity index (χ3n) is 3.28. The summed E-state index contributed by atoms with van der Waals surface area (Å²) in [6, 6.07) is 0.560. The average Bonchev–Trinajstić information content (AvgIpc) is 2.75. The van der Waals surface area contributed by atoms with Gasteiger partial charge >= 0.3 is 0 Å². The van der Waals surface area contributed by atoms with Crippen LogP contribution in [0.1, 0.15) is 51.3 Å². The standard InChI is InChI=1S/C12H22N4O/c1-9(2)13-7-10-8-16(15-14-10)11-5-3-4-6-12(11)17/h8-9,11-13,17H,3-7H2,1-2H3. The molecule has 1 aliphatic carbocycles. The number of hydrogen-bond acceptors (Lipinski definition) is 4. The molecule has 2 atom stereocenters. The van der Waals surface area contributed by atoms with Crippen LogP contribution in [0.3, 0.4) is 0 Å². The van der Waals surface area contributed by atoms with Gasteiger partial charge in [-0.25, -0.2) is 4.68 Å². The fourth-order valence-electron chi connectivity index (χ4n) is 2.27. The Morgan fingerprint density at radius 3 is 2.94 bits per heavy atom. The lowest BCUT2D eigenvalue weighted by Crippen LogP contribution is -2.28. The van der Waals surface area contributed by atoms with Crippen molar-refractivity contribution in [3.63, 3.8) is 0 Å². The monoisotopic (exact) mass is 238 g/mol. The van der Waals surface area contributed by atoms with E-state index >= 15 is 0 Å². The zero-order valence-electron chi connectivity index (χ0n) is 10.6. The Bertz CT molecular complexity index is 350. The average molecular weight is 238 g/mol. The van der Waals surface area contributed by atoms with Crippen molar-refractivity contribution in [2.24, 2.45) is 0 Å². The molecule has 0 aromatic carbocycles. The number of aliphatic hydroxyl groups excluding tert-OH is 1. The van der Waals surface area contributed by atoms with Crippen LogP contribution in [0.5, 0.6) is 0 Å². The van der Waals surface area contributed by atoms with Crippen molar-refractivity contribution in [3.05, 3.63) is 11.9 Å². The predicted molar refractivity (Wildman–Crippen MR) is 65.5 cm³/mol. The molecule has 0 aliphatic heterocycles. The van der Waals surface area contributed by atoms with E-state index in [1.54, 1.807) is 0 Å². The molecule has 17 heavy (non-hydrogen) atoms. The summed E-state index contributed by atoms with van der Waals surface area (Å²) in [4.78, 5) is 0. The maximum Gasteiger partial charge on any atom is 0.0965 e. The van der Waals surface area contributed by atoms with Gasteiger partial charge in [-0.05, 0) is 12.8 Å². The molecule has 0 saturated heterocycles. The minimum absolute atomic E-state index is 0.115. The number of aromatic nitrogens is 3. The number of hydrogen-bond donors (Lipinski definition) is 2. The Morgan fingerprint density at radius 2 is 2.24 bits per heavy atom. The first kappa shape index (κ1) is 12.5. The van der Waals surface area contributed by atoms with E-state index in [4.69, 9.17) is 0 Å². The van der Waals surface area contributed by atoms with Gasteiger partial charge in [-0.3, -0.25) is 0 Å². The van der Waals surface area contributed by atoms with Crippen LogP contribution in [-0.2, 0) is 6.54 Å². The summed E-state index contributed by atoms with van der Waals surface area (Å²) in [5.41, 5.74) is 0.941. The second-order valence-corrected chi connectivity index (χ2v) is 5.14. The second-order valence-electron chi connectivity index (χ2n) is 5.14. The van der Waals surface area contributed by atoms with Crippen LogP contribution in [0.2, 0.25) is 0 Å². The van der Waals surface area contributed by atoms with E-state index in [9.17, 15) is 5.11 Å². The van der Waals surface area contributed by atoms with Gasteiger partial charge in [0.1, 0.15) is 0 Å². The quantitative estimate of drug-likeness (QED) is 0.828. The van der Waals surface area contributed by atoms with Gasteiger partial charge in [0, 0.05) is 12.6 Å². The summed E-state index contributed by atoms with van der Waals surface area (Å²) >= 11 is 0. The van der Waals surface area contributed by atoms with Gasteiger partial charge in [-0.2, -0.15) is 0 Å². The summed E-state index contributed by atoms with van der Waals surface area (Å²) < 4.78 is 1.83. The van der Waals surface area contributed by atoms with Crippen molar-refractivity contribution in [1.82, 2.24) is 20.3 Å². The normalized spacial score (nSPS) is 25.4. The van der Waals surface area contributed by atoms with Crippen LogP contribution < -0.4 is 5.32 Å². The van der Waals surface area contributed by atoms with Crippen LogP contribution in [0.25, 0.3) is 0 Å². The molecule has 2 rings (SSSR count). The van der Waals surface area contributed by atoms with E-state index in [-0.39, 0.29) is 12.1 Å². The molecule has 2 unspecified atom stereocenters.